The van der Waals surface area contributed by atoms with Crippen molar-refractivity contribution in [3.05, 3.63) is 24.3 Å². The highest BCUT2D eigenvalue weighted by molar-refractivity contribution is 5.96. The van der Waals surface area contributed by atoms with Gasteiger partial charge in [-0.05, 0) is 58.5 Å². The topological polar surface area (TPSA) is 81.8 Å². The Morgan fingerprint density at radius 1 is 1.12 bits per heavy atom. The average molecular weight is 360 g/mol. The van der Waals surface area contributed by atoms with Crippen molar-refractivity contribution in [2.24, 2.45) is 0 Å². The van der Waals surface area contributed by atoms with Crippen LogP contribution in [0.1, 0.15) is 33.6 Å². The van der Waals surface area contributed by atoms with Crippen molar-refractivity contribution < 1.29 is 14.4 Å². The smallest absolute Gasteiger partial charge is 0.238 e. The molecule has 1 fully saturated rings. The van der Waals surface area contributed by atoms with Crippen LogP contribution in [0.5, 0.6) is 0 Å². The normalized spacial score (nSPS) is 14.7. The third-order valence-corrected chi connectivity index (χ3v) is 3.88. The third-order valence-electron chi connectivity index (χ3n) is 3.88. The van der Waals surface area contributed by atoms with Crippen LogP contribution in [0.4, 0.5) is 11.4 Å². The summed E-state index contributed by atoms with van der Waals surface area (Å²) < 4.78 is 0. The Hall–Kier alpha value is -2.41. The van der Waals surface area contributed by atoms with E-state index < -0.39 is 0 Å². The standard InChI is InChI=1S/C19H28N4O3/c1-19(2,3)21-17(25)13-22(4)12-16(24)20-14-7-9-15(10-8-14)23-11-5-6-18(23)26/h7-10H,5-6,11-13H2,1-4H3,(H,20,24)(H,21,25). The van der Waals surface area contributed by atoms with Crippen LogP contribution in [-0.4, -0.2) is 54.8 Å². The van der Waals surface area contributed by atoms with Crippen molar-refractivity contribution in [2.75, 3.05) is 36.9 Å². The fraction of sp³-hybridized carbons (Fsp3) is 0.526. The molecule has 0 aromatic heterocycles. The Morgan fingerprint density at radius 3 is 2.27 bits per heavy atom. The molecule has 0 unspecified atom stereocenters. The van der Waals surface area contributed by atoms with Gasteiger partial charge in [0.05, 0.1) is 13.1 Å². The van der Waals surface area contributed by atoms with E-state index in [1.165, 1.54) is 0 Å². The Bertz CT molecular complexity index is 664. The predicted octanol–water partition coefficient (Wildman–Crippen LogP) is 1.60. The van der Waals surface area contributed by atoms with Gasteiger partial charge in [-0.15, -0.1) is 0 Å². The van der Waals surface area contributed by atoms with Crippen LogP contribution in [0, 0.1) is 0 Å². The number of likely N-dealkylation sites (N-methyl/N-ethyl adjacent to an activating group) is 1. The molecule has 7 heteroatoms. The Labute approximate surface area is 154 Å². The predicted molar refractivity (Wildman–Crippen MR) is 102 cm³/mol. The zero-order valence-electron chi connectivity index (χ0n) is 16.0. The molecule has 1 aromatic rings. The molecule has 2 rings (SSSR count). The maximum absolute atomic E-state index is 12.1. The van der Waals surface area contributed by atoms with E-state index in [2.05, 4.69) is 10.6 Å². The summed E-state index contributed by atoms with van der Waals surface area (Å²) in [4.78, 5) is 39.2. The van der Waals surface area contributed by atoms with Crippen LogP contribution in [-0.2, 0) is 14.4 Å². The monoisotopic (exact) mass is 360 g/mol. The van der Waals surface area contributed by atoms with E-state index >= 15 is 0 Å². The van der Waals surface area contributed by atoms with Crippen LogP contribution in [0.2, 0.25) is 0 Å². The molecule has 1 saturated heterocycles. The zero-order valence-corrected chi connectivity index (χ0v) is 16.0. The van der Waals surface area contributed by atoms with Gasteiger partial charge in [0.2, 0.25) is 17.7 Å². The molecule has 0 atom stereocenters. The second-order valence-electron chi connectivity index (χ2n) is 7.71. The first kappa shape index (κ1) is 19.9. The number of amides is 3. The van der Waals surface area contributed by atoms with Gasteiger partial charge in [-0.25, -0.2) is 0 Å². The first-order valence-electron chi connectivity index (χ1n) is 8.84. The summed E-state index contributed by atoms with van der Waals surface area (Å²) in [7, 11) is 1.73. The van der Waals surface area contributed by atoms with Crippen molar-refractivity contribution in [3.8, 4) is 0 Å². The largest absolute Gasteiger partial charge is 0.350 e. The van der Waals surface area contributed by atoms with Gasteiger partial charge in [-0.2, -0.15) is 0 Å². The van der Waals surface area contributed by atoms with Gasteiger partial charge in [0.25, 0.3) is 0 Å². The second-order valence-corrected chi connectivity index (χ2v) is 7.71. The molecule has 2 N–H and O–H groups in total. The third kappa shape index (κ3) is 6.15. The van der Waals surface area contributed by atoms with Gasteiger partial charge in [0.15, 0.2) is 0 Å². The molecule has 26 heavy (non-hydrogen) atoms. The van der Waals surface area contributed by atoms with Gasteiger partial charge in [-0.3, -0.25) is 19.3 Å². The van der Waals surface area contributed by atoms with Crippen LogP contribution in [0.15, 0.2) is 24.3 Å². The van der Waals surface area contributed by atoms with Crippen molar-refractivity contribution in [1.82, 2.24) is 10.2 Å². The summed E-state index contributed by atoms with van der Waals surface area (Å²) >= 11 is 0. The molecule has 1 aliphatic heterocycles. The van der Waals surface area contributed by atoms with E-state index in [0.717, 1.165) is 18.7 Å². The molecule has 0 aliphatic carbocycles. The van der Waals surface area contributed by atoms with Crippen molar-refractivity contribution in [1.29, 1.82) is 0 Å². The highest BCUT2D eigenvalue weighted by atomic mass is 16.2. The zero-order chi connectivity index (χ0) is 19.3. The minimum Gasteiger partial charge on any atom is -0.350 e. The summed E-state index contributed by atoms with van der Waals surface area (Å²) in [5, 5.41) is 5.67. The van der Waals surface area contributed by atoms with E-state index in [-0.39, 0.29) is 36.3 Å². The summed E-state index contributed by atoms with van der Waals surface area (Å²) in [6.07, 6.45) is 1.47. The number of carbonyl (C=O) groups is 3. The quantitative estimate of drug-likeness (QED) is 0.807. The van der Waals surface area contributed by atoms with Crippen LogP contribution in [0.25, 0.3) is 0 Å². The summed E-state index contributed by atoms with van der Waals surface area (Å²) in [5.74, 6) is -0.176. The van der Waals surface area contributed by atoms with Crippen molar-refractivity contribution >= 4 is 29.1 Å². The number of rotatable bonds is 6. The lowest BCUT2D eigenvalue weighted by atomic mass is 10.1. The number of nitrogens with zero attached hydrogens (tertiary/aromatic N) is 2. The molecule has 0 saturated carbocycles. The fourth-order valence-corrected chi connectivity index (χ4v) is 2.85. The van der Waals surface area contributed by atoms with Gasteiger partial charge < -0.3 is 15.5 Å². The Morgan fingerprint density at radius 2 is 1.73 bits per heavy atom. The van der Waals surface area contributed by atoms with Crippen LogP contribution >= 0.6 is 0 Å². The molecule has 0 bridgehead atoms. The summed E-state index contributed by atoms with van der Waals surface area (Å²) in [6, 6.07) is 7.23. The number of hydrogen-bond donors (Lipinski definition) is 2. The van der Waals surface area contributed by atoms with Crippen LogP contribution < -0.4 is 15.5 Å². The number of benzene rings is 1. The molecule has 1 aromatic carbocycles. The lowest BCUT2D eigenvalue weighted by molar-refractivity contribution is -0.124. The maximum Gasteiger partial charge on any atom is 0.238 e. The van der Waals surface area contributed by atoms with Crippen molar-refractivity contribution in [2.45, 2.75) is 39.2 Å². The van der Waals surface area contributed by atoms with Gasteiger partial charge in [0, 0.05) is 29.9 Å². The van der Waals surface area contributed by atoms with Gasteiger partial charge in [-0.1, -0.05) is 0 Å². The van der Waals surface area contributed by atoms with Crippen LogP contribution in [0.3, 0.4) is 0 Å². The number of anilines is 2. The molecule has 3 amide bonds. The molecular formula is C19H28N4O3. The lowest BCUT2D eigenvalue weighted by Gasteiger charge is -2.23. The SMILES string of the molecule is CN(CC(=O)Nc1ccc(N2CCCC2=O)cc1)CC(=O)NC(C)(C)C. The minimum absolute atomic E-state index is 0.115. The Kier molecular flexibility index (Phi) is 6.37. The molecule has 7 nitrogen and oxygen atoms in total. The maximum atomic E-state index is 12.1. The molecule has 1 heterocycles. The van der Waals surface area contributed by atoms with E-state index in [1.807, 2.05) is 32.9 Å². The first-order chi connectivity index (χ1) is 12.1. The molecule has 142 valence electrons. The van der Waals surface area contributed by atoms with Gasteiger partial charge in [0.1, 0.15) is 0 Å². The van der Waals surface area contributed by atoms with Gasteiger partial charge >= 0.3 is 0 Å². The van der Waals surface area contributed by atoms with E-state index in [0.29, 0.717) is 12.1 Å². The van der Waals surface area contributed by atoms with E-state index in [9.17, 15) is 14.4 Å². The summed E-state index contributed by atoms with van der Waals surface area (Å²) in [6.45, 7) is 6.75. The summed E-state index contributed by atoms with van der Waals surface area (Å²) in [5.41, 5.74) is 1.22. The fourth-order valence-electron chi connectivity index (χ4n) is 2.85. The highest BCUT2D eigenvalue weighted by Gasteiger charge is 2.21. The number of nitrogens with one attached hydrogen (secondary N) is 2. The van der Waals surface area contributed by atoms with E-state index in [4.69, 9.17) is 0 Å². The number of carbonyl (C=O) groups excluding carboxylic acids is 3. The molecular weight excluding hydrogens is 332 g/mol. The Balaban J connectivity index is 1.82. The lowest BCUT2D eigenvalue weighted by Crippen LogP contribution is -2.46. The van der Waals surface area contributed by atoms with Crippen molar-refractivity contribution in [3.63, 3.8) is 0 Å². The molecule has 1 aliphatic rings. The molecule has 0 spiro atoms. The first-order valence-corrected chi connectivity index (χ1v) is 8.84. The van der Waals surface area contributed by atoms with E-state index in [1.54, 1.807) is 29.0 Å². The second kappa shape index (κ2) is 8.31. The molecule has 0 radical (unpaired) electrons. The average Bonchev–Trinajstić information content (AvgIpc) is 2.91. The highest BCUT2D eigenvalue weighted by Crippen LogP contribution is 2.22. The minimum atomic E-state index is -0.293. The number of hydrogen-bond acceptors (Lipinski definition) is 4.